The molecule has 16 heavy (non-hydrogen) atoms. The zero-order valence-corrected chi connectivity index (χ0v) is 10.9. The van der Waals surface area contributed by atoms with Crippen molar-refractivity contribution in [2.45, 2.75) is 52.9 Å². The molecule has 0 bridgehead atoms. The van der Waals surface area contributed by atoms with E-state index in [9.17, 15) is 4.79 Å². The molecule has 2 fully saturated rings. The first kappa shape index (κ1) is 11.9. The molecular formula is C15H24O. The number of carbonyl (C=O) groups excluding carboxylic acids is 1. The summed E-state index contributed by atoms with van der Waals surface area (Å²) >= 11 is 0. The van der Waals surface area contributed by atoms with Crippen LogP contribution in [-0.4, -0.2) is 5.78 Å². The molecule has 2 aliphatic rings. The van der Waals surface area contributed by atoms with E-state index in [0.717, 1.165) is 12.3 Å². The zero-order valence-electron chi connectivity index (χ0n) is 10.9. The van der Waals surface area contributed by atoms with Gasteiger partial charge in [-0.25, -0.2) is 0 Å². The van der Waals surface area contributed by atoms with Crippen molar-refractivity contribution in [3.8, 4) is 0 Å². The Hall–Kier alpha value is -0.590. The highest BCUT2D eigenvalue weighted by atomic mass is 16.1. The average molecular weight is 220 g/mol. The molecule has 0 aromatic carbocycles. The molecule has 1 nitrogen and oxygen atoms in total. The molecule has 0 radical (unpaired) electrons. The minimum absolute atomic E-state index is 0.405. The number of allylic oxidation sites excluding steroid dienone is 1. The van der Waals surface area contributed by atoms with Crippen LogP contribution in [0.5, 0.6) is 0 Å². The van der Waals surface area contributed by atoms with E-state index < -0.39 is 0 Å². The largest absolute Gasteiger partial charge is 0.299 e. The van der Waals surface area contributed by atoms with Crippen LogP contribution in [0.1, 0.15) is 52.9 Å². The van der Waals surface area contributed by atoms with Gasteiger partial charge in [0, 0.05) is 12.8 Å². The Morgan fingerprint density at radius 2 is 2.00 bits per heavy atom. The fraction of sp³-hybridized carbons (Fsp3) is 0.800. The number of Topliss-reactive ketones (excluding diaryl/α,β-unsaturated/α-hetero) is 1. The number of ketones is 1. The second-order valence-electron chi connectivity index (χ2n) is 6.67. The van der Waals surface area contributed by atoms with E-state index >= 15 is 0 Å². The molecule has 0 aliphatic heterocycles. The molecule has 1 heteroatoms. The highest BCUT2D eigenvalue weighted by molar-refractivity contribution is 5.81. The molecule has 0 heterocycles. The van der Waals surface area contributed by atoms with Crippen molar-refractivity contribution in [3.63, 3.8) is 0 Å². The molecule has 0 saturated heterocycles. The van der Waals surface area contributed by atoms with E-state index in [1.54, 1.807) is 0 Å². The fourth-order valence-corrected chi connectivity index (χ4v) is 3.68. The van der Waals surface area contributed by atoms with E-state index in [-0.39, 0.29) is 0 Å². The van der Waals surface area contributed by atoms with Crippen LogP contribution < -0.4 is 0 Å². The lowest BCUT2D eigenvalue weighted by molar-refractivity contribution is -0.119. The topological polar surface area (TPSA) is 17.1 Å². The lowest BCUT2D eigenvalue weighted by Gasteiger charge is -2.53. The monoisotopic (exact) mass is 220 g/mol. The van der Waals surface area contributed by atoms with Gasteiger partial charge in [0.05, 0.1) is 0 Å². The van der Waals surface area contributed by atoms with Gasteiger partial charge in [0.15, 0.2) is 0 Å². The van der Waals surface area contributed by atoms with Crippen molar-refractivity contribution in [2.24, 2.45) is 23.2 Å². The summed E-state index contributed by atoms with van der Waals surface area (Å²) in [5.74, 6) is 2.37. The fourth-order valence-electron chi connectivity index (χ4n) is 3.68. The van der Waals surface area contributed by atoms with Crippen molar-refractivity contribution >= 4 is 5.78 Å². The molecular weight excluding hydrogens is 196 g/mol. The Labute approximate surface area is 99.3 Å². The smallest absolute Gasteiger partial charge is 0.137 e. The van der Waals surface area contributed by atoms with Crippen molar-refractivity contribution in [1.82, 2.24) is 0 Å². The van der Waals surface area contributed by atoms with Gasteiger partial charge in [0.25, 0.3) is 0 Å². The summed E-state index contributed by atoms with van der Waals surface area (Å²) in [4.78, 5) is 11.8. The average Bonchev–Trinajstić information content (AvgIpc) is 2.16. The normalized spacial score (nSPS) is 39.1. The van der Waals surface area contributed by atoms with E-state index in [1.807, 2.05) is 0 Å². The maximum Gasteiger partial charge on any atom is 0.137 e. The number of fused-ring (bicyclic) bond motifs is 1. The summed E-state index contributed by atoms with van der Waals surface area (Å²) < 4.78 is 0. The Morgan fingerprint density at radius 1 is 1.31 bits per heavy atom. The predicted octanol–water partition coefficient (Wildman–Crippen LogP) is 3.98. The lowest BCUT2D eigenvalue weighted by atomic mass is 9.52. The Morgan fingerprint density at radius 3 is 2.62 bits per heavy atom. The molecule has 3 atom stereocenters. The number of hydrogen-bond acceptors (Lipinski definition) is 1. The predicted molar refractivity (Wildman–Crippen MR) is 67.2 cm³/mol. The van der Waals surface area contributed by atoms with Crippen molar-refractivity contribution < 1.29 is 4.79 Å². The number of rotatable bonds is 0. The van der Waals surface area contributed by atoms with Gasteiger partial charge >= 0.3 is 0 Å². The summed E-state index contributed by atoms with van der Waals surface area (Å²) in [5, 5.41) is 0. The summed E-state index contributed by atoms with van der Waals surface area (Å²) in [5.41, 5.74) is 1.68. The summed E-state index contributed by atoms with van der Waals surface area (Å²) in [6.45, 7) is 11.1. The van der Waals surface area contributed by atoms with Gasteiger partial charge in [-0.05, 0) is 42.4 Å². The van der Waals surface area contributed by atoms with Gasteiger partial charge < -0.3 is 0 Å². The van der Waals surface area contributed by atoms with Gasteiger partial charge in [-0.1, -0.05) is 32.9 Å². The molecule has 90 valence electrons. The van der Waals surface area contributed by atoms with Gasteiger partial charge in [0.2, 0.25) is 0 Å². The number of hydrogen-bond donors (Lipinski definition) is 0. The highest BCUT2D eigenvalue weighted by Gasteiger charge is 2.48. The summed E-state index contributed by atoms with van der Waals surface area (Å²) in [6, 6.07) is 0. The molecule has 0 amide bonds. The van der Waals surface area contributed by atoms with Crippen molar-refractivity contribution in [3.05, 3.63) is 12.2 Å². The van der Waals surface area contributed by atoms with Crippen LogP contribution >= 0.6 is 0 Å². The van der Waals surface area contributed by atoms with Crippen molar-refractivity contribution in [2.75, 3.05) is 0 Å². The Balaban J connectivity index is 2.13. The lowest BCUT2D eigenvalue weighted by Crippen LogP contribution is -2.44. The molecule has 0 N–H and O–H groups in total. The van der Waals surface area contributed by atoms with E-state index in [4.69, 9.17) is 0 Å². The molecule has 3 unspecified atom stereocenters. The molecule has 2 aliphatic carbocycles. The van der Waals surface area contributed by atoms with Gasteiger partial charge in [-0.3, -0.25) is 4.79 Å². The summed E-state index contributed by atoms with van der Waals surface area (Å²) in [6.07, 6.45) is 5.13. The van der Waals surface area contributed by atoms with Crippen molar-refractivity contribution in [1.29, 1.82) is 0 Å². The maximum absolute atomic E-state index is 11.8. The minimum Gasteiger partial charge on any atom is -0.299 e. The number of carbonyl (C=O) groups is 1. The first-order valence-electron chi connectivity index (χ1n) is 6.59. The molecule has 2 rings (SSSR count). The minimum atomic E-state index is 0.405. The molecule has 0 spiro atoms. The van der Waals surface area contributed by atoms with Gasteiger partial charge in [-0.15, -0.1) is 0 Å². The first-order valence-corrected chi connectivity index (χ1v) is 6.59. The SMILES string of the molecule is C=C1CC(=O)CC(C)CCC2C1CC2(C)C. The van der Waals surface area contributed by atoms with Crippen LogP contribution in [0, 0.1) is 23.2 Å². The third kappa shape index (κ3) is 2.09. The van der Waals surface area contributed by atoms with Crippen LogP contribution in [0.4, 0.5) is 0 Å². The highest BCUT2D eigenvalue weighted by Crippen LogP contribution is 2.56. The Bertz CT molecular complexity index is 313. The van der Waals surface area contributed by atoms with Crippen LogP contribution in [-0.2, 0) is 4.79 Å². The maximum atomic E-state index is 11.8. The van der Waals surface area contributed by atoms with Gasteiger partial charge in [-0.2, -0.15) is 0 Å². The Kier molecular flexibility index (Phi) is 2.98. The zero-order chi connectivity index (χ0) is 11.9. The quantitative estimate of drug-likeness (QED) is 0.564. The third-order valence-corrected chi connectivity index (χ3v) is 4.73. The van der Waals surface area contributed by atoms with E-state index in [2.05, 4.69) is 27.4 Å². The van der Waals surface area contributed by atoms with Crippen LogP contribution in [0.3, 0.4) is 0 Å². The molecule has 2 saturated carbocycles. The van der Waals surface area contributed by atoms with Crippen LogP contribution in [0.2, 0.25) is 0 Å². The van der Waals surface area contributed by atoms with E-state index in [1.165, 1.54) is 24.8 Å². The standard InChI is InChI=1S/C15H24O/c1-10-5-6-14-13(9-15(14,3)4)11(2)8-12(16)7-10/h10,13-14H,2,5-9H2,1,3-4H3. The van der Waals surface area contributed by atoms with Gasteiger partial charge in [0.1, 0.15) is 5.78 Å². The molecule has 0 aromatic heterocycles. The van der Waals surface area contributed by atoms with E-state index in [0.29, 0.717) is 29.5 Å². The molecule has 0 aromatic rings. The first-order chi connectivity index (χ1) is 7.40. The third-order valence-electron chi connectivity index (χ3n) is 4.73. The second-order valence-corrected chi connectivity index (χ2v) is 6.67. The van der Waals surface area contributed by atoms with Crippen LogP contribution in [0.25, 0.3) is 0 Å². The second kappa shape index (κ2) is 4.01. The van der Waals surface area contributed by atoms with Crippen LogP contribution in [0.15, 0.2) is 12.2 Å². The summed E-state index contributed by atoms with van der Waals surface area (Å²) in [7, 11) is 0.